The number of hydrogen-bond acceptors (Lipinski definition) is 5. The first kappa shape index (κ1) is 18.2. The second-order valence-corrected chi connectivity index (χ2v) is 7.92. The van der Waals surface area contributed by atoms with Crippen molar-refractivity contribution in [3.63, 3.8) is 0 Å². The summed E-state index contributed by atoms with van der Waals surface area (Å²) < 4.78 is 0. The van der Waals surface area contributed by atoms with Crippen LogP contribution in [-0.4, -0.2) is 38.9 Å². The first-order valence-corrected chi connectivity index (χ1v) is 10.5. The standard InChI is InChI=1S/C18H19BrN2O3S/c19-9-1-2-10-25-16-6-3-5-13-14(16)11-20(15(13)12-22)21-17(23)7-4-8-18(21)24/h3,5-6H,1-2,4,7-11H2. The fraction of sp³-hybridized carbons (Fsp3) is 0.444. The highest BCUT2D eigenvalue weighted by Gasteiger charge is 2.38. The third-order valence-corrected chi connectivity index (χ3v) is 6.08. The SMILES string of the molecule is O=C=C1c2cccc(SCCCCBr)c2CN1N1C(=O)CCCC1=O. The van der Waals surface area contributed by atoms with Gasteiger partial charge in [-0.2, -0.15) is 5.01 Å². The number of alkyl halides is 1. The van der Waals surface area contributed by atoms with E-state index >= 15 is 0 Å². The molecule has 2 aliphatic rings. The molecule has 1 aromatic rings. The van der Waals surface area contributed by atoms with Gasteiger partial charge in [0.15, 0.2) is 5.94 Å². The molecular formula is C18H19BrN2O3S. The molecule has 0 bridgehead atoms. The monoisotopic (exact) mass is 422 g/mol. The Bertz CT molecular complexity index is 730. The van der Waals surface area contributed by atoms with Gasteiger partial charge >= 0.3 is 0 Å². The van der Waals surface area contributed by atoms with E-state index in [1.54, 1.807) is 11.8 Å². The minimum atomic E-state index is -0.247. The molecule has 1 saturated heterocycles. The van der Waals surface area contributed by atoms with Gasteiger partial charge in [0, 0.05) is 28.6 Å². The average molecular weight is 423 g/mol. The van der Waals surface area contributed by atoms with Crippen LogP contribution in [0, 0.1) is 0 Å². The average Bonchev–Trinajstić information content (AvgIpc) is 2.97. The molecule has 1 fully saturated rings. The molecule has 2 aliphatic heterocycles. The summed E-state index contributed by atoms with van der Waals surface area (Å²) in [4.78, 5) is 37.2. The summed E-state index contributed by atoms with van der Waals surface area (Å²) in [6.45, 7) is 0.360. The number of nitrogens with zero attached hydrogens (tertiary/aromatic N) is 2. The smallest absolute Gasteiger partial charge is 0.248 e. The van der Waals surface area contributed by atoms with Gasteiger partial charge in [0.05, 0.1) is 6.54 Å². The Kier molecular flexibility index (Phi) is 5.99. The van der Waals surface area contributed by atoms with Crippen LogP contribution in [0.5, 0.6) is 0 Å². The van der Waals surface area contributed by atoms with Crippen LogP contribution in [-0.2, 0) is 20.9 Å². The van der Waals surface area contributed by atoms with Gasteiger partial charge in [-0.3, -0.25) is 14.6 Å². The lowest BCUT2D eigenvalue weighted by molar-refractivity contribution is -0.162. The molecule has 2 heterocycles. The van der Waals surface area contributed by atoms with E-state index < -0.39 is 0 Å². The summed E-state index contributed by atoms with van der Waals surface area (Å²) in [7, 11) is 0. The molecule has 0 aliphatic carbocycles. The fourth-order valence-corrected chi connectivity index (χ4v) is 4.61. The number of hydrogen-bond donors (Lipinski definition) is 0. The first-order valence-electron chi connectivity index (χ1n) is 8.36. The van der Waals surface area contributed by atoms with Crippen LogP contribution >= 0.6 is 27.7 Å². The maximum Gasteiger partial charge on any atom is 0.248 e. The van der Waals surface area contributed by atoms with E-state index in [0.29, 0.717) is 25.8 Å². The Morgan fingerprint density at radius 1 is 1.16 bits per heavy atom. The van der Waals surface area contributed by atoms with Gasteiger partial charge in [-0.15, -0.1) is 11.8 Å². The summed E-state index contributed by atoms with van der Waals surface area (Å²) in [6, 6.07) is 5.80. The van der Waals surface area contributed by atoms with Crippen LogP contribution in [0.25, 0.3) is 5.70 Å². The van der Waals surface area contributed by atoms with E-state index in [4.69, 9.17) is 0 Å². The largest absolute Gasteiger partial charge is 0.273 e. The van der Waals surface area contributed by atoms with E-state index in [2.05, 4.69) is 15.9 Å². The number of amides is 2. The van der Waals surface area contributed by atoms with Gasteiger partial charge in [0.1, 0.15) is 5.70 Å². The number of fused-ring (bicyclic) bond motifs is 1. The highest BCUT2D eigenvalue weighted by molar-refractivity contribution is 9.09. The van der Waals surface area contributed by atoms with Crippen molar-refractivity contribution in [2.24, 2.45) is 0 Å². The zero-order chi connectivity index (χ0) is 17.8. The third kappa shape index (κ3) is 3.68. The van der Waals surface area contributed by atoms with Crippen molar-refractivity contribution in [2.75, 3.05) is 11.1 Å². The normalized spacial score (nSPS) is 17.1. The Morgan fingerprint density at radius 2 is 1.92 bits per heavy atom. The number of rotatable bonds is 6. The van der Waals surface area contributed by atoms with Crippen LogP contribution in [0.3, 0.4) is 0 Å². The zero-order valence-corrected chi connectivity index (χ0v) is 16.2. The lowest BCUT2D eigenvalue weighted by Gasteiger charge is -2.33. The van der Waals surface area contributed by atoms with Crippen molar-refractivity contribution in [3.8, 4) is 0 Å². The van der Waals surface area contributed by atoms with Gasteiger partial charge in [-0.05, 0) is 36.6 Å². The highest BCUT2D eigenvalue weighted by Crippen LogP contribution is 2.39. The Labute approximate surface area is 159 Å². The molecule has 1 aromatic carbocycles. The summed E-state index contributed by atoms with van der Waals surface area (Å²) in [5, 5.41) is 3.64. The number of carbonyl (C=O) groups excluding carboxylic acids is 3. The minimum absolute atomic E-state index is 0.247. The number of benzene rings is 1. The molecule has 132 valence electrons. The Hall–Kier alpha value is -1.56. The lowest BCUT2D eigenvalue weighted by Crippen LogP contribution is -2.49. The van der Waals surface area contributed by atoms with Crippen molar-refractivity contribution in [1.82, 2.24) is 10.0 Å². The summed E-state index contributed by atoms with van der Waals surface area (Å²) in [5.74, 6) is 2.44. The van der Waals surface area contributed by atoms with Gasteiger partial charge in [-0.1, -0.05) is 28.1 Å². The minimum Gasteiger partial charge on any atom is -0.273 e. The molecule has 0 saturated carbocycles. The van der Waals surface area contributed by atoms with Gasteiger partial charge in [0.2, 0.25) is 11.8 Å². The predicted molar refractivity (Wildman–Crippen MR) is 101 cm³/mol. The highest BCUT2D eigenvalue weighted by atomic mass is 79.9. The van der Waals surface area contributed by atoms with Crippen molar-refractivity contribution in [2.45, 2.75) is 43.5 Å². The second-order valence-electron chi connectivity index (χ2n) is 5.99. The molecule has 0 N–H and O–H groups in total. The summed E-state index contributed by atoms with van der Waals surface area (Å²) in [6.07, 6.45) is 3.45. The van der Waals surface area contributed by atoms with E-state index in [1.807, 2.05) is 24.1 Å². The molecule has 5 nitrogen and oxygen atoms in total. The molecule has 25 heavy (non-hydrogen) atoms. The van der Waals surface area contributed by atoms with Crippen molar-refractivity contribution >= 4 is 51.1 Å². The van der Waals surface area contributed by atoms with Crippen LogP contribution in [0.15, 0.2) is 23.1 Å². The second kappa shape index (κ2) is 8.21. The number of piperidine rings is 1. The first-order chi connectivity index (χ1) is 12.2. The van der Waals surface area contributed by atoms with Crippen LogP contribution in [0.2, 0.25) is 0 Å². The molecule has 0 radical (unpaired) electrons. The van der Waals surface area contributed by atoms with Crippen LogP contribution in [0.1, 0.15) is 43.2 Å². The van der Waals surface area contributed by atoms with Gasteiger partial charge in [-0.25, -0.2) is 4.79 Å². The van der Waals surface area contributed by atoms with Crippen LogP contribution < -0.4 is 0 Å². The topological polar surface area (TPSA) is 57.7 Å². The fourth-order valence-electron chi connectivity index (χ4n) is 3.12. The molecule has 0 atom stereocenters. The maximum absolute atomic E-state index is 12.2. The molecule has 2 amide bonds. The molecule has 0 aromatic heterocycles. The molecule has 3 rings (SSSR count). The predicted octanol–water partition coefficient (Wildman–Crippen LogP) is 3.40. The quantitative estimate of drug-likeness (QED) is 0.231. The summed E-state index contributed by atoms with van der Waals surface area (Å²) >= 11 is 5.18. The number of carbonyl (C=O) groups is 2. The van der Waals surface area contributed by atoms with Crippen molar-refractivity contribution < 1.29 is 14.4 Å². The summed E-state index contributed by atoms with van der Waals surface area (Å²) in [5.41, 5.74) is 2.05. The number of hydrazine groups is 1. The lowest BCUT2D eigenvalue weighted by atomic mass is 10.1. The molecule has 0 unspecified atom stereocenters. The number of unbranched alkanes of at least 4 members (excludes halogenated alkanes) is 1. The molecule has 7 heteroatoms. The number of thioether (sulfide) groups is 1. The molecule has 0 spiro atoms. The van der Waals surface area contributed by atoms with E-state index in [0.717, 1.165) is 45.0 Å². The number of halogens is 1. The van der Waals surface area contributed by atoms with E-state index in [-0.39, 0.29) is 17.5 Å². The Balaban J connectivity index is 1.86. The molecular weight excluding hydrogens is 404 g/mol. The third-order valence-electron chi connectivity index (χ3n) is 4.33. The van der Waals surface area contributed by atoms with Crippen LogP contribution in [0.4, 0.5) is 0 Å². The zero-order valence-electron chi connectivity index (χ0n) is 13.8. The van der Waals surface area contributed by atoms with Gasteiger partial charge in [0.25, 0.3) is 0 Å². The van der Waals surface area contributed by atoms with E-state index in [9.17, 15) is 14.4 Å². The Morgan fingerprint density at radius 3 is 2.60 bits per heavy atom. The van der Waals surface area contributed by atoms with Crippen molar-refractivity contribution in [1.29, 1.82) is 0 Å². The van der Waals surface area contributed by atoms with E-state index in [1.165, 1.54) is 5.01 Å². The maximum atomic E-state index is 12.2. The van der Waals surface area contributed by atoms with Gasteiger partial charge < -0.3 is 0 Å². The van der Waals surface area contributed by atoms with Crippen molar-refractivity contribution in [3.05, 3.63) is 29.3 Å². The number of imide groups is 1.